The number of aromatic amines is 1. The molecule has 0 aliphatic rings. The number of aromatic nitrogens is 7. The van der Waals surface area contributed by atoms with Crippen LogP contribution in [-0.4, -0.2) is 61.7 Å². The van der Waals surface area contributed by atoms with E-state index in [4.69, 9.17) is 0 Å². The SMILES string of the molecule is Cc1nc(-c2cc(Cc3ccc(S(C)(=O)=O)cc3)cnc2Nc2cccc3c2cnn3OC(=O)C(F)(F)F)c2[nH]cnc2n1. The molecule has 0 aliphatic heterocycles. The lowest BCUT2D eigenvalue weighted by molar-refractivity contribution is -0.200. The van der Waals surface area contributed by atoms with E-state index < -0.39 is 22.0 Å². The Hall–Kier alpha value is -5.38. The summed E-state index contributed by atoms with van der Waals surface area (Å²) in [7, 11) is -3.34. The van der Waals surface area contributed by atoms with Gasteiger partial charge in [-0.1, -0.05) is 23.0 Å². The Bertz CT molecular complexity index is 2160. The summed E-state index contributed by atoms with van der Waals surface area (Å²) in [5, 5.41) is 7.37. The van der Waals surface area contributed by atoms with Crippen molar-refractivity contribution >= 4 is 49.4 Å². The number of halogens is 3. The third-order valence-corrected chi connectivity index (χ3v) is 7.72. The normalized spacial score (nSPS) is 12.1. The number of imidazole rings is 1. The van der Waals surface area contributed by atoms with Crippen molar-refractivity contribution in [1.82, 2.24) is 34.9 Å². The number of sulfone groups is 1. The van der Waals surface area contributed by atoms with E-state index in [1.54, 1.807) is 49.5 Å². The number of nitrogens with zero attached hydrogens (tertiary/aromatic N) is 6. The number of benzene rings is 2. The van der Waals surface area contributed by atoms with Gasteiger partial charge in [-0.2, -0.15) is 13.2 Å². The third kappa shape index (κ3) is 5.66. The highest BCUT2D eigenvalue weighted by atomic mass is 32.2. The number of carbonyl (C=O) groups excluding carboxylic acids is 1. The van der Waals surface area contributed by atoms with Gasteiger partial charge in [0.2, 0.25) is 0 Å². The van der Waals surface area contributed by atoms with Crippen molar-refractivity contribution in [2.24, 2.45) is 0 Å². The quantitative estimate of drug-likeness (QED) is 0.263. The number of rotatable bonds is 7. The van der Waals surface area contributed by atoms with Crippen LogP contribution < -0.4 is 10.2 Å². The second-order valence-electron chi connectivity index (χ2n) is 9.81. The number of carbonyl (C=O) groups is 1. The van der Waals surface area contributed by atoms with Gasteiger partial charge in [0.1, 0.15) is 28.4 Å². The van der Waals surface area contributed by atoms with Crippen LogP contribution in [0.25, 0.3) is 33.3 Å². The van der Waals surface area contributed by atoms with Crippen molar-refractivity contribution in [3.8, 4) is 11.3 Å². The summed E-state index contributed by atoms with van der Waals surface area (Å²) in [6.45, 7) is 1.72. The number of hydrogen-bond donors (Lipinski definition) is 2. The summed E-state index contributed by atoms with van der Waals surface area (Å²) in [6, 6.07) is 13.1. The lowest BCUT2D eigenvalue weighted by Gasteiger charge is -2.14. The fraction of sp³-hybridized carbons (Fsp3) is 0.143. The minimum Gasteiger partial charge on any atom is -0.341 e. The molecule has 0 unspecified atom stereocenters. The molecule has 44 heavy (non-hydrogen) atoms. The average Bonchev–Trinajstić information content (AvgIpc) is 3.60. The van der Waals surface area contributed by atoms with Crippen LogP contribution in [0, 0.1) is 6.92 Å². The number of hydrogen-bond acceptors (Lipinski definition) is 10. The topological polar surface area (TPSA) is 158 Å². The Morgan fingerprint density at radius 3 is 2.55 bits per heavy atom. The highest BCUT2D eigenvalue weighted by Crippen LogP contribution is 2.34. The molecule has 2 aromatic carbocycles. The van der Waals surface area contributed by atoms with Gasteiger partial charge in [0.25, 0.3) is 0 Å². The minimum absolute atomic E-state index is 0.108. The van der Waals surface area contributed by atoms with Crippen LogP contribution in [0.5, 0.6) is 0 Å². The van der Waals surface area contributed by atoms with E-state index in [0.29, 0.717) is 56.4 Å². The molecule has 0 bridgehead atoms. The Morgan fingerprint density at radius 1 is 1.05 bits per heavy atom. The van der Waals surface area contributed by atoms with Crippen LogP contribution >= 0.6 is 0 Å². The van der Waals surface area contributed by atoms with E-state index in [0.717, 1.165) is 17.4 Å². The molecule has 4 aromatic heterocycles. The molecule has 0 spiro atoms. The first-order valence-electron chi connectivity index (χ1n) is 12.9. The van der Waals surface area contributed by atoms with E-state index in [9.17, 15) is 26.4 Å². The van der Waals surface area contributed by atoms with Crippen LogP contribution in [0.1, 0.15) is 17.0 Å². The van der Waals surface area contributed by atoms with Crippen molar-refractivity contribution < 1.29 is 31.2 Å². The molecule has 2 N–H and O–H groups in total. The first-order valence-corrected chi connectivity index (χ1v) is 14.8. The summed E-state index contributed by atoms with van der Waals surface area (Å²) in [5.74, 6) is -1.60. The third-order valence-electron chi connectivity index (χ3n) is 6.59. The maximum Gasteiger partial charge on any atom is 0.493 e. The second-order valence-corrected chi connectivity index (χ2v) is 11.8. The molecular weight excluding hydrogens is 601 g/mol. The summed E-state index contributed by atoms with van der Waals surface area (Å²) in [5.41, 5.74) is 4.21. The maximum absolute atomic E-state index is 12.8. The highest BCUT2D eigenvalue weighted by Gasteiger charge is 2.42. The van der Waals surface area contributed by atoms with Crippen LogP contribution in [-0.2, 0) is 21.1 Å². The molecule has 0 radical (unpaired) electrons. The number of alkyl halides is 3. The first-order chi connectivity index (χ1) is 20.9. The zero-order chi connectivity index (χ0) is 31.2. The van der Waals surface area contributed by atoms with E-state index >= 15 is 0 Å². The van der Waals surface area contributed by atoms with Crippen LogP contribution in [0.3, 0.4) is 0 Å². The molecule has 0 saturated heterocycles. The molecule has 4 heterocycles. The van der Waals surface area contributed by atoms with Gasteiger partial charge in [-0.15, -0.1) is 5.10 Å². The monoisotopic (exact) mass is 622 g/mol. The van der Waals surface area contributed by atoms with Gasteiger partial charge in [0, 0.05) is 23.4 Å². The molecule has 224 valence electrons. The summed E-state index contributed by atoms with van der Waals surface area (Å²) in [4.78, 5) is 37.5. The van der Waals surface area contributed by atoms with Gasteiger partial charge in [0.05, 0.1) is 23.1 Å². The molecule has 6 aromatic rings. The van der Waals surface area contributed by atoms with Crippen molar-refractivity contribution in [3.05, 3.63) is 84.2 Å². The fourth-order valence-corrected chi connectivity index (χ4v) is 5.21. The fourth-order valence-electron chi connectivity index (χ4n) is 4.58. The van der Waals surface area contributed by atoms with Gasteiger partial charge in [-0.25, -0.2) is 33.1 Å². The number of H-pyrrole nitrogens is 1. The first kappa shape index (κ1) is 28.7. The second kappa shape index (κ2) is 10.7. The van der Waals surface area contributed by atoms with Crippen LogP contribution in [0.2, 0.25) is 0 Å². The van der Waals surface area contributed by atoms with E-state index in [-0.39, 0.29) is 10.4 Å². The standard InChI is InChI=1S/C28H21F3N8O4S/c1-15-36-23(24-26(37-15)34-14-33-24)19-11-17(10-16-6-8-18(9-7-16)44(2,41)42)12-32-25(19)38-21-4-3-5-22-20(21)13-35-39(22)43-27(40)28(29,30)31/h3-9,11-14H,10H2,1-2H3,(H,32,38)(H,33,34,36,37). The van der Waals surface area contributed by atoms with Gasteiger partial charge in [0.15, 0.2) is 15.5 Å². The van der Waals surface area contributed by atoms with Gasteiger partial charge in [-0.05, 0) is 54.8 Å². The zero-order valence-electron chi connectivity index (χ0n) is 22.9. The van der Waals surface area contributed by atoms with Crippen LogP contribution in [0.4, 0.5) is 24.7 Å². The van der Waals surface area contributed by atoms with E-state index in [2.05, 4.69) is 40.2 Å². The molecule has 0 amide bonds. The molecule has 0 fully saturated rings. The van der Waals surface area contributed by atoms with Gasteiger partial charge in [-0.3, -0.25) is 0 Å². The largest absolute Gasteiger partial charge is 0.493 e. The summed E-state index contributed by atoms with van der Waals surface area (Å²) >= 11 is 0. The lowest BCUT2D eigenvalue weighted by Crippen LogP contribution is -2.33. The number of fused-ring (bicyclic) bond motifs is 2. The van der Waals surface area contributed by atoms with Gasteiger partial charge >= 0.3 is 12.1 Å². The predicted molar refractivity (Wildman–Crippen MR) is 153 cm³/mol. The summed E-state index contributed by atoms with van der Waals surface area (Å²) < 4.78 is 62.1. The zero-order valence-corrected chi connectivity index (χ0v) is 23.7. The lowest BCUT2D eigenvalue weighted by atomic mass is 10.0. The Labute approximate surface area is 246 Å². The molecule has 6 rings (SSSR count). The number of nitrogens with one attached hydrogen (secondary N) is 2. The Kier molecular flexibility index (Phi) is 6.99. The molecule has 0 saturated carbocycles. The van der Waals surface area contributed by atoms with Crippen molar-refractivity contribution in [3.63, 3.8) is 0 Å². The minimum atomic E-state index is -5.20. The van der Waals surface area contributed by atoms with Crippen molar-refractivity contribution in [2.75, 3.05) is 11.6 Å². The number of pyridine rings is 1. The van der Waals surface area contributed by atoms with Crippen LogP contribution in [0.15, 0.2) is 72.1 Å². The van der Waals surface area contributed by atoms with Gasteiger partial charge < -0.3 is 15.1 Å². The summed E-state index contributed by atoms with van der Waals surface area (Å²) in [6.07, 6.45) is 0.768. The molecule has 16 heteroatoms. The average molecular weight is 623 g/mol. The van der Waals surface area contributed by atoms with Crippen molar-refractivity contribution in [2.45, 2.75) is 24.4 Å². The molecule has 0 aliphatic carbocycles. The highest BCUT2D eigenvalue weighted by molar-refractivity contribution is 7.90. The Morgan fingerprint density at radius 2 is 1.82 bits per heavy atom. The smallest absolute Gasteiger partial charge is 0.341 e. The maximum atomic E-state index is 12.8. The van der Waals surface area contributed by atoms with Crippen molar-refractivity contribution in [1.29, 1.82) is 0 Å². The van der Waals surface area contributed by atoms with E-state index in [1.165, 1.54) is 18.6 Å². The predicted octanol–water partition coefficient (Wildman–Crippen LogP) is 4.33. The molecule has 12 nitrogen and oxygen atoms in total. The number of aryl methyl sites for hydroxylation is 1. The molecule has 0 atom stereocenters. The Balaban J connectivity index is 1.41. The molecular formula is C28H21F3N8O4S. The number of anilines is 2. The van der Waals surface area contributed by atoms with E-state index in [1.807, 2.05) is 6.07 Å².